The minimum atomic E-state index is -0.590. The zero-order chi connectivity index (χ0) is 29.0. The number of phenols is 1. The monoisotopic (exact) mass is 550 g/mol. The highest BCUT2D eigenvalue weighted by molar-refractivity contribution is 5.94. The van der Waals surface area contributed by atoms with Crippen molar-refractivity contribution in [1.29, 1.82) is 0 Å². The summed E-state index contributed by atoms with van der Waals surface area (Å²) < 4.78 is 5.61. The Hall–Kier alpha value is -3.35. The van der Waals surface area contributed by atoms with Crippen molar-refractivity contribution < 1.29 is 24.2 Å². The number of hydrogen-bond acceptors (Lipinski definition) is 5. The van der Waals surface area contributed by atoms with E-state index in [4.69, 9.17) is 4.74 Å². The van der Waals surface area contributed by atoms with Crippen LogP contribution in [-0.4, -0.2) is 53.0 Å². The molecule has 0 spiro atoms. The normalized spacial score (nSPS) is 16.6. The first kappa shape index (κ1) is 31.2. The minimum Gasteiger partial charge on any atom is -0.508 e. The van der Waals surface area contributed by atoms with Crippen LogP contribution >= 0.6 is 0 Å². The summed E-state index contributed by atoms with van der Waals surface area (Å²) in [5, 5.41) is 12.5. The van der Waals surface area contributed by atoms with E-state index in [9.17, 15) is 19.5 Å². The Kier molecular flexibility index (Phi) is 12.0. The zero-order valence-electron chi connectivity index (χ0n) is 24.4. The highest BCUT2D eigenvalue weighted by atomic mass is 16.6. The quantitative estimate of drug-likeness (QED) is 0.236. The molecule has 2 N–H and O–H groups in total. The van der Waals surface area contributed by atoms with Crippen LogP contribution in [0.4, 0.5) is 4.79 Å². The van der Waals surface area contributed by atoms with Crippen LogP contribution in [0.25, 0.3) is 0 Å². The summed E-state index contributed by atoms with van der Waals surface area (Å²) in [5.74, 6) is 1.07. The van der Waals surface area contributed by atoms with Crippen LogP contribution in [-0.2, 0) is 9.53 Å². The van der Waals surface area contributed by atoms with E-state index in [0.717, 1.165) is 44.9 Å². The summed E-state index contributed by atoms with van der Waals surface area (Å²) in [5.41, 5.74) is 1.26. The number of carbonyl (C=O) groups is 3. The molecule has 0 aliphatic heterocycles. The van der Waals surface area contributed by atoms with Gasteiger partial charge in [-0.3, -0.25) is 9.59 Å². The van der Waals surface area contributed by atoms with E-state index >= 15 is 0 Å². The molecule has 2 unspecified atom stereocenters. The summed E-state index contributed by atoms with van der Waals surface area (Å²) in [7, 11) is 0. The number of benzene rings is 2. The van der Waals surface area contributed by atoms with Crippen molar-refractivity contribution >= 4 is 17.8 Å². The largest absolute Gasteiger partial charge is 0.508 e. The molecule has 0 saturated heterocycles. The Balaban J connectivity index is 1.36. The van der Waals surface area contributed by atoms with Crippen molar-refractivity contribution in [3.8, 4) is 5.75 Å². The van der Waals surface area contributed by atoms with E-state index in [1.807, 2.05) is 51.1 Å². The SMILES string of the molecule is CC(C)(C)OC(=O)N(CCCCCCCNC(=O)c1ccccc1)CCC(=O)CC1CCC1c1ccc(O)cc1. The number of phenolic OH excluding ortho intramolecular Hbond substituents is 1. The highest BCUT2D eigenvalue weighted by Gasteiger charge is 2.33. The summed E-state index contributed by atoms with van der Waals surface area (Å²) in [6, 6.07) is 16.5. The van der Waals surface area contributed by atoms with Crippen molar-refractivity contribution in [2.75, 3.05) is 19.6 Å². The van der Waals surface area contributed by atoms with Crippen LogP contribution in [0.15, 0.2) is 54.6 Å². The summed E-state index contributed by atoms with van der Waals surface area (Å²) in [6.07, 6.45) is 7.32. The maximum atomic E-state index is 12.9. The average Bonchev–Trinajstić information content (AvgIpc) is 2.90. The van der Waals surface area contributed by atoms with Gasteiger partial charge in [0.2, 0.25) is 0 Å². The Bertz CT molecular complexity index is 1080. The lowest BCUT2D eigenvalue weighted by molar-refractivity contribution is -0.121. The van der Waals surface area contributed by atoms with Crippen molar-refractivity contribution in [2.24, 2.45) is 5.92 Å². The van der Waals surface area contributed by atoms with Crippen LogP contribution in [0.2, 0.25) is 0 Å². The van der Waals surface area contributed by atoms with Gasteiger partial charge in [-0.25, -0.2) is 4.79 Å². The van der Waals surface area contributed by atoms with Gasteiger partial charge in [0, 0.05) is 38.0 Å². The molecule has 40 heavy (non-hydrogen) atoms. The van der Waals surface area contributed by atoms with Gasteiger partial charge in [-0.1, -0.05) is 49.6 Å². The molecule has 0 aromatic heterocycles. The standard InChI is InChI=1S/C33H46N2O5/c1-33(2,3)40-32(39)35(22-11-6-4-5-10-21-34-31(38)26-12-8-7-9-13-26)23-20-29(37)24-27-16-19-30(27)25-14-17-28(36)18-15-25/h7-9,12-15,17-18,27,30,36H,4-6,10-11,16,19-24H2,1-3H3,(H,34,38). The number of nitrogens with zero attached hydrogens (tertiary/aromatic N) is 1. The first-order valence-electron chi connectivity index (χ1n) is 14.7. The fraction of sp³-hybridized carbons (Fsp3) is 0.545. The molecular weight excluding hydrogens is 504 g/mol. The Morgan fingerprint density at radius 1 is 0.900 bits per heavy atom. The van der Waals surface area contributed by atoms with E-state index in [-0.39, 0.29) is 23.5 Å². The fourth-order valence-corrected chi connectivity index (χ4v) is 5.10. The number of amides is 2. The number of unbranched alkanes of at least 4 members (excludes halogenated alkanes) is 4. The highest BCUT2D eigenvalue weighted by Crippen LogP contribution is 2.44. The Morgan fingerprint density at radius 2 is 1.57 bits per heavy atom. The maximum absolute atomic E-state index is 12.9. The predicted molar refractivity (Wildman–Crippen MR) is 157 cm³/mol. The molecule has 2 atom stereocenters. The second-order valence-electron chi connectivity index (χ2n) is 11.9. The molecule has 3 rings (SSSR count). The number of aromatic hydroxyl groups is 1. The van der Waals surface area contributed by atoms with Crippen LogP contribution in [0.5, 0.6) is 5.75 Å². The number of ketones is 1. The Labute approximate surface area is 239 Å². The third-order valence-electron chi connectivity index (χ3n) is 7.47. The van der Waals surface area contributed by atoms with E-state index in [0.29, 0.717) is 49.9 Å². The van der Waals surface area contributed by atoms with Gasteiger partial charge >= 0.3 is 6.09 Å². The van der Waals surface area contributed by atoms with Crippen LogP contribution < -0.4 is 5.32 Å². The van der Waals surface area contributed by atoms with Gasteiger partial charge in [-0.05, 0) is 88.1 Å². The lowest BCUT2D eigenvalue weighted by Gasteiger charge is -2.37. The molecule has 0 radical (unpaired) electrons. The average molecular weight is 551 g/mol. The van der Waals surface area contributed by atoms with Gasteiger partial charge in [0.25, 0.3) is 5.91 Å². The van der Waals surface area contributed by atoms with Crippen LogP contribution in [0.1, 0.15) is 100 Å². The molecule has 1 fully saturated rings. The van der Waals surface area contributed by atoms with Gasteiger partial charge in [0.15, 0.2) is 0 Å². The summed E-state index contributed by atoms with van der Waals surface area (Å²) >= 11 is 0. The van der Waals surface area contributed by atoms with E-state index in [1.165, 1.54) is 5.56 Å². The molecule has 218 valence electrons. The molecule has 1 saturated carbocycles. The molecule has 7 nitrogen and oxygen atoms in total. The number of nitrogens with one attached hydrogen (secondary N) is 1. The number of hydrogen-bond donors (Lipinski definition) is 2. The number of carbonyl (C=O) groups excluding carboxylic acids is 3. The zero-order valence-corrected chi connectivity index (χ0v) is 24.4. The molecule has 2 aromatic rings. The topological polar surface area (TPSA) is 95.9 Å². The maximum Gasteiger partial charge on any atom is 0.410 e. The van der Waals surface area contributed by atoms with Crippen LogP contribution in [0, 0.1) is 5.92 Å². The van der Waals surface area contributed by atoms with Crippen molar-refractivity contribution in [3.05, 3.63) is 65.7 Å². The van der Waals surface area contributed by atoms with Gasteiger partial charge in [-0.15, -0.1) is 0 Å². The molecule has 1 aliphatic rings. The lowest BCUT2D eigenvalue weighted by Crippen LogP contribution is -2.39. The summed E-state index contributed by atoms with van der Waals surface area (Å²) in [6.45, 7) is 7.14. The van der Waals surface area contributed by atoms with Crippen molar-refractivity contribution in [2.45, 2.75) is 90.1 Å². The summed E-state index contributed by atoms with van der Waals surface area (Å²) in [4.78, 5) is 39.5. The molecule has 2 aromatic carbocycles. The molecule has 2 amide bonds. The van der Waals surface area contributed by atoms with Gasteiger partial charge < -0.3 is 20.1 Å². The molecule has 7 heteroatoms. The lowest BCUT2D eigenvalue weighted by atomic mass is 9.68. The van der Waals surface area contributed by atoms with Crippen molar-refractivity contribution in [3.63, 3.8) is 0 Å². The number of rotatable bonds is 15. The minimum absolute atomic E-state index is 0.0451. The van der Waals surface area contributed by atoms with Gasteiger partial charge in [-0.2, -0.15) is 0 Å². The first-order chi connectivity index (χ1) is 19.1. The molecule has 0 bridgehead atoms. The second-order valence-corrected chi connectivity index (χ2v) is 11.9. The van der Waals surface area contributed by atoms with Gasteiger partial charge in [0.05, 0.1) is 0 Å². The number of ether oxygens (including phenoxy) is 1. The fourth-order valence-electron chi connectivity index (χ4n) is 5.10. The predicted octanol–water partition coefficient (Wildman–Crippen LogP) is 6.85. The third-order valence-corrected chi connectivity index (χ3v) is 7.47. The smallest absolute Gasteiger partial charge is 0.410 e. The second kappa shape index (κ2) is 15.4. The first-order valence-corrected chi connectivity index (χ1v) is 14.7. The van der Waals surface area contributed by atoms with Crippen LogP contribution in [0.3, 0.4) is 0 Å². The van der Waals surface area contributed by atoms with E-state index in [1.54, 1.807) is 29.2 Å². The Morgan fingerprint density at radius 3 is 2.23 bits per heavy atom. The molecular formula is C33H46N2O5. The van der Waals surface area contributed by atoms with Crippen molar-refractivity contribution in [1.82, 2.24) is 10.2 Å². The van der Waals surface area contributed by atoms with Gasteiger partial charge in [0.1, 0.15) is 17.1 Å². The molecule has 0 heterocycles. The molecule has 1 aliphatic carbocycles. The number of Topliss-reactive ketones (excluding diaryl/α,β-unsaturated/α-hetero) is 1. The van der Waals surface area contributed by atoms with E-state index in [2.05, 4.69) is 5.32 Å². The van der Waals surface area contributed by atoms with E-state index < -0.39 is 5.60 Å². The third kappa shape index (κ3) is 10.7.